The molecule has 0 unspecified atom stereocenters. The second-order valence-corrected chi connectivity index (χ2v) is 4.73. The average molecular weight is 248 g/mol. The Morgan fingerprint density at radius 2 is 2.18 bits per heavy atom. The summed E-state index contributed by atoms with van der Waals surface area (Å²) in [6.07, 6.45) is 1.45. The van der Waals surface area contributed by atoms with Gasteiger partial charge in [-0.2, -0.15) is 0 Å². The molecular formula is C13H12O3S. The largest absolute Gasteiger partial charge is 0.466 e. The Balaban J connectivity index is 2.30. The van der Waals surface area contributed by atoms with E-state index in [0.29, 0.717) is 13.0 Å². The third-order valence-electron chi connectivity index (χ3n) is 2.49. The smallest absolute Gasteiger partial charge is 0.302 e. The van der Waals surface area contributed by atoms with Crippen LogP contribution in [0.1, 0.15) is 22.2 Å². The Morgan fingerprint density at radius 3 is 2.88 bits per heavy atom. The number of benzene rings is 1. The number of rotatable bonds is 4. The summed E-state index contributed by atoms with van der Waals surface area (Å²) in [5, 5.41) is 1.08. The molecule has 0 atom stereocenters. The van der Waals surface area contributed by atoms with Crippen LogP contribution >= 0.6 is 11.3 Å². The minimum Gasteiger partial charge on any atom is -0.466 e. The molecule has 4 heteroatoms. The van der Waals surface area contributed by atoms with Gasteiger partial charge in [0.25, 0.3) is 0 Å². The molecule has 3 nitrogen and oxygen atoms in total. The molecule has 0 aliphatic carbocycles. The van der Waals surface area contributed by atoms with E-state index in [-0.39, 0.29) is 5.97 Å². The Bertz CT molecular complexity index is 557. The summed E-state index contributed by atoms with van der Waals surface area (Å²) in [5.74, 6) is -0.294. The maximum absolute atomic E-state index is 11.0. The minimum absolute atomic E-state index is 0.294. The molecule has 1 aromatic heterocycles. The molecule has 17 heavy (non-hydrogen) atoms. The topological polar surface area (TPSA) is 43.4 Å². The lowest BCUT2D eigenvalue weighted by atomic mass is 10.1. The van der Waals surface area contributed by atoms with Crippen LogP contribution in [0.2, 0.25) is 0 Å². The lowest BCUT2D eigenvalue weighted by Gasteiger charge is -2.02. The van der Waals surface area contributed by atoms with Crippen LogP contribution < -0.4 is 0 Å². The SMILES string of the molecule is CC(=O)OCCc1c(C=O)sc2ccccc12. The zero-order chi connectivity index (χ0) is 12.3. The van der Waals surface area contributed by atoms with Crippen molar-refractivity contribution in [3.05, 3.63) is 34.7 Å². The summed E-state index contributed by atoms with van der Waals surface area (Å²) < 4.78 is 6.00. The van der Waals surface area contributed by atoms with Crippen molar-refractivity contribution in [2.75, 3.05) is 6.61 Å². The fourth-order valence-electron chi connectivity index (χ4n) is 1.77. The Labute approximate surface area is 103 Å². The maximum atomic E-state index is 11.0. The molecule has 0 spiro atoms. The van der Waals surface area contributed by atoms with Gasteiger partial charge in [0.2, 0.25) is 0 Å². The number of esters is 1. The molecule has 88 valence electrons. The molecule has 2 aromatic rings. The normalized spacial score (nSPS) is 10.4. The molecular weight excluding hydrogens is 236 g/mol. The molecule has 0 aliphatic rings. The third-order valence-corrected chi connectivity index (χ3v) is 3.63. The van der Waals surface area contributed by atoms with Gasteiger partial charge in [-0.15, -0.1) is 11.3 Å². The third kappa shape index (κ3) is 2.53. The molecule has 0 amide bonds. The highest BCUT2D eigenvalue weighted by atomic mass is 32.1. The summed E-state index contributed by atoms with van der Waals surface area (Å²) in [6.45, 7) is 1.70. The summed E-state index contributed by atoms with van der Waals surface area (Å²) >= 11 is 1.47. The standard InChI is InChI=1S/C13H12O3S/c1-9(15)16-7-6-11-10-4-2-3-5-12(10)17-13(11)8-14/h2-5,8H,6-7H2,1H3. The first-order valence-electron chi connectivity index (χ1n) is 5.31. The van der Waals surface area contributed by atoms with Gasteiger partial charge < -0.3 is 4.74 Å². The van der Waals surface area contributed by atoms with Crippen LogP contribution in [0.15, 0.2) is 24.3 Å². The molecule has 1 aromatic carbocycles. The molecule has 0 saturated heterocycles. The van der Waals surface area contributed by atoms with Crippen LogP contribution in [0.3, 0.4) is 0 Å². The van der Waals surface area contributed by atoms with Gasteiger partial charge in [0, 0.05) is 18.0 Å². The van der Waals surface area contributed by atoms with Crippen molar-refractivity contribution in [1.82, 2.24) is 0 Å². The summed E-state index contributed by atoms with van der Waals surface area (Å²) in [4.78, 5) is 22.4. The number of carbonyl (C=O) groups excluding carboxylic acids is 2. The van der Waals surface area contributed by atoms with E-state index in [0.717, 1.165) is 26.8 Å². The molecule has 0 N–H and O–H groups in total. The second-order valence-electron chi connectivity index (χ2n) is 3.65. The van der Waals surface area contributed by atoms with Crippen molar-refractivity contribution in [2.24, 2.45) is 0 Å². The van der Waals surface area contributed by atoms with Gasteiger partial charge in [-0.3, -0.25) is 9.59 Å². The number of carbonyl (C=O) groups is 2. The van der Waals surface area contributed by atoms with Crippen molar-refractivity contribution >= 4 is 33.7 Å². The number of aldehydes is 1. The van der Waals surface area contributed by atoms with E-state index in [1.165, 1.54) is 18.3 Å². The van der Waals surface area contributed by atoms with Crippen LogP contribution in [-0.4, -0.2) is 18.9 Å². The zero-order valence-corrected chi connectivity index (χ0v) is 10.3. The monoisotopic (exact) mass is 248 g/mol. The van der Waals surface area contributed by atoms with Crippen LogP contribution in [0.5, 0.6) is 0 Å². The van der Waals surface area contributed by atoms with Gasteiger partial charge in [0.05, 0.1) is 11.5 Å². The van der Waals surface area contributed by atoms with E-state index in [1.54, 1.807) is 0 Å². The van der Waals surface area contributed by atoms with Crippen molar-refractivity contribution in [2.45, 2.75) is 13.3 Å². The fraction of sp³-hybridized carbons (Fsp3) is 0.231. The summed E-state index contributed by atoms with van der Waals surface area (Å²) in [5.41, 5.74) is 0.974. The minimum atomic E-state index is -0.294. The highest BCUT2D eigenvalue weighted by Gasteiger charge is 2.11. The Morgan fingerprint density at radius 1 is 1.41 bits per heavy atom. The van der Waals surface area contributed by atoms with Crippen molar-refractivity contribution < 1.29 is 14.3 Å². The summed E-state index contributed by atoms with van der Waals surface area (Å²) in [6, 6.07) is 7.87. The fourth-order valence-corrected chi connectivity index (χ4v) is 2.84. The second kappa shape index (κ2) is 5.10. The van der Waals surface area contributed by atoms with E-state index in [2.05, 4.69) is 0 Å². The molecule has 0 bridgehead atoms. The number of ether oxygens (including phenoxy) is 1. The van der Waals surface area contributed by atoms with Gasteiger partial charge in [-0.25, -0.2) is 0 Å². The van der Waals surface area contributed by atoms with Crippen molar-refractivity contribution in [3.63, 3.8) is 0 Å². The van der Waals surface area contributed by atoms with Gasteiger partial charge >= 0.3 is 5.97 Å². The summed E-state index contributed by atoms with van der Waals surface area (Å²) in [7, 11) is 0. The Kier molecular flexibility index (Phi) is 3.54. The van der Waals surface area contributed by atoms with E-state index in [4.69, 9.17) is 4.74 Å². The van der Waals surface area contributed by atoms with E-state index < -0.39 is 0 Å². The lowest BCUT2D eigenvalue weighted by Crippen LogP contribution is -2.03. The molecule has 1 heterocycles. The van der Waals surface area contributed by atoms with Crippen LogP contribution in [0.4, 0.5) is 0 Å². The first kappa shape index (κ1) is 11.8. The number of hydrogen-bond acceptors (Lipinski definition) is 4. The first-order chi connectivity index (χ1) is 8.22. The van der Waals surface area contributed by atoms with E-state index >= 15 is 0 Å². The molecule has 0 saturated carbocycles. The molecule has 0 radical (unpaired) electrons. The predicted molar refractivity (Wildman–Crippen MR) is 67.5 cm³/mol. The van der Waals surface area contributed by atoms with Gasteiger partial charge in [-0.05, 0) is 17.0 Å². The Hall–Kier alpha value is -1.68. The van der Waals surface area contributed by atoms with Gasteiger partial charge in [0.15, 0.2) is 6.29 Å². The number of hydrogen-bond donors (Lipinski definition) is 0. The maximum Gasteiger partial charge on any atom is 0.302 e. The number of fused-ring (bicyclic) bond motifs is 1. The highest BCUT2D eigenvalue weighted by Crippen LogP contribution is 2.30. The lowest BCUT2D eigenvalue weighted by molar-refractivity contribution is -0.140. The molecule has 0 aliphatic heterocycles. The first-order valence-corrected chi connectivity index (χ1v) is 6.13. The van der Waals surface area contributed by atoms with Gasteiger partial charge in [-0.1, -0.05) is 18.2 Å². The zero-order valence-electron chi connectivity index (χ0n) is 9.43. The highest BCUT2D eigenvalue weighted by molar-refractivity contribution is 7.20. The van der Waals surface area contributed by atoms with Crippen molar-refractivity contribution in [1.29, 1.82) is 0 Å². The van der Waals surface area contributed by atoms with Crippen LogP contribution in [0.25, 0.3) is 10.1 Å². The van der Waals surface area contributed by atoms with Crippen LogP contribution in [-0.2, 0) is 16.0 Å². The molecule has 2 rings (SSSR count). The average Bonchev–Trinajstić information content (AvgIpc) is 2.67. The van der Waals surface area contributed by atoms with Crippen LogP contribution in [0, 0.1) is 0 Å². The molecule has 0 fully saturated rings. The predicted octanol–water partition coefficient (Wildman–Crippen LogP) is 2.82. The number of thiophene rings is 1. The van der Waals surface area contributed by atoms with E-state index in [1.807, 2.05) is 24.3 Å². The van der Waals surface area contributed by atoms with Gasteiger partial charge in [0.1, 0.15) is 0 Å². The van der Waals surface area contributed by atoms with Crippen molar-refractivity contribution in [3.8, 4) is 0 Å². The quantitative estimate of drug-likeness (QED) is 0.617. The van der Waals surface area contributed by atoms with E-state index in [9.17, 15) is 9.59 Å².